The molecular formula is C20H19BrN4O2S. The van der Waals surface area contributed by atoms with Gasteiger partial charge in [0.1, 0.15) is 5.69 Å². The van der Waals surface area contributed by atoms with Crippen LogP contribution in [0.25, 0.3) is 10.8 Å². The molecule has 0 bridgehead atoms. The van der Waals surface area contributed by atoms with Crippen molar-refractivity contribution in [1.82, 2.24) is 20.5 Å². The molecule has 28 heavy (non-hydrogen) atoms. The van der Waals surface area contributed by atoms with Crippen molar-refractivity contribution in [3.05, 3.63) is 54.8 Å². The van der Waals surface area contributed by atoms with Gasteiger partial charge in [0.2, 0.25) is 0 Å². The fourth-order valence-electron chi connectivity index (χ4n) is 4.88. The highest BCUT2D eigenvalue weighted by molar-refractivity contribution is 9.11. The molecule has 1 aromatic carbocycles. The van der Waals surface area contributed by atoms with Gasteiger partial charge in [-0.25, -0.2) is 10.1 Å². The molecule has 2 fully saturated rings. The Morgan fingerprint density at radius 3 is 2.64 bits per heavy atom. The fraction of sp³-hybridized carbons (Fsp3) is 0.400. The molecule has 0 unspecified atom stereocenters. The molecule has 0 radical (unpaired) electrons. The van der Waals surface area contributed by atoms with E-state index in [1.165, 1.54) is 11.3 Å². The Morgan fingerprint density at radius 2 is 1.96 bits per heavy atom. The van der Waals surface area contributed by atoms with Crippen molar-refractivity contribution in [2.75, 3.05) is 0 Å². The highest BCUT2D eigenvalue weighted by atomic mass is 79.9. The zero-order valence-electron chi connectivity index (χ0n) is 15.3. The molecule has 2 N–H and O–H groups in total. The third-order valence-electron chi connectivity index (χ3n) is 6.15. The molecule has 6 nitrogen and oxygen atoms in total. The predicted molar refractivity (Wildman–Crippen MR) is 112 cm³/mol. The number of aromatic amines is 1. The highest BCUT2D eigenvalue weighted by Gasteiger charge is 2.54. The van der Waals surface area contributed by atoms with Gasteiger partial charge in [-0.05, 0) is 60.0 Å². The fourth-order valence-corrected chi connectivity index (χ4v) is 6.41. The number of aryl methyl sites for hydroxylation is 1. The van der Waals surface area contributed by atoms with E-state index in [1.807, 2.05) is 31.2 Å². The van der Waals surface area contributed by atoms with Crippen molar-refractivity contribution >= 4 is 43.9 Å². The van der Waals surface area contributed by atoms with Crippen LogP contribution in [0.1, 0.15) is 52.7 Å². The van der Waals surface area contributed by atoms with E-state index in [4.69, 9.17) is 0 Å². The molecule has 3 aromatic rings. The van der Waals surface area contributed by atoms with Crippen molar-refractivity contribution in [2.45, 2.75) is 44.6 Å². The molecule has 1 amide bonds. The first-order chi connectivity index (χ1) is 13.4. The Labute approximate surface area is 173 Å². The lowest BCUT2D eigenvalue weighted by atomic mass is 9.49. The molecule has 2 aromatic heterocycles. The third-order valence-corrected chi connectivity index (χ3v) is 7.57. The zero-order chi connectivity index (χ0) is 19.5. The number of rotatable bonds is 3. The van der Waals surface area contributed by atoms with Crippen molar-refractivity contribution < 1.29 is 4.79 Å². The molecule has 0 aliphatic heterocycles. The lowest BCUT2D eigenvalue weighted by Gasteiger charge is -2.57. The summed E-state index contributed by atoms with van der Waals surface area (Å²) in [6.45, 7) is 1.91. The van der Waals surface area contributed by atoms with Gasteiger partial charge in [-0.2, -0.15) is 5.10 Å². The number of carbonyl (C=O) groups is 1. The maximum absolute atomic E-state index is 12.4. The molecule has 8 heteroatoms. The molecule has 2 aliphatic rings. The Hall–Kier alpha value is -2.06. The first-order valence-electron chi connectivity index (χ1n) is 9.35. The van der Waals surface area contributed by atoms with Gasteiger partial charge in [0.05, 0.1) is 11.1 Å². The minimum atomic E-state index is -0.135. The molecule has 0 saturated heterocycles. The van der Waals surface area contributed by atoms with Crippen LogP contribution in [-0.2, 0) is 0 Å². The second-order valence-electron chi connectivity index (χ2n) is 8.04. The summed E-state index contributed by atoms with van der Waals surface area (Å²) in [5.41, 5.74) is 1.69. The maximum Gasteiger partial charge on any atom is 0.272 e. The number of hydrogen-bond acceptors (Lipinski definition) is 5. The average Bonchev–Trinajstić information content (AvgIpc) is 2.95. The Morgan fingerprint density at radius 1 is 1.25 bits per heavy atom. The van der Waals surface area contributed by atoms with E-state index in [0.29, 0.717) is 22.4 Å². The number of thiazole rings is 1. The van der Waals surface area contributed by atoms with Crippen LogP contribution in [0, 0.1) is 12.3 Å². The molecule has 0 atom stereocenters. The van der Waals surface area contributed by atoms with Gasteiger partial charge in [-0.3, -0.25) is 9.59 Å². The molecule has 1 spiro atoms. The van der Waals surface area contributed by atoms with Crippen LogP contribution in [0.3, 0.4) is 0 Å². The number of nitrogens with one attached hydrogen (secondary N) is 2. The van der Waals surface area contributed by atoms with Gasteiger partial charge < -0.3 is 5.32 Å². The predicted octanol–water partition coefficient (Wildman–Crippen LogP) is 3.91. The van der Waals surface area contributed by atoms with E-state index in [0.717, 1.165) is 45.6 Å². The number of amides is 1. The van der Waals surface area contributed by atoms with Crippen molar-refractivity contribution in [1.29, 1.82) is 0 Å². The quantitative estimate of drug-likeness (QED) is 0.622. The SMILES string of the molecule is Cc1sc(Br)nc1C(=O)N[C@H]1CC2(C1)C[C@H](c1n[nH]c(=O)c3ccccc31)C2. The Kier molecular flexibility index (Phi) is 4.17. The number of hydrogen-bond donors (Lipinski definition) is 2. The topological polar surface area (TPSA) is 87.7 Å². The number of halogens is 1. The number of benzene rings is 1. The van der Waals surface area contributed by atoms with E-state index < -0.39 is 0 Å². The largest absolute Gasteiger partial charge is 0.348 e. The number of nitrogens with zero attached hydrogens (tertiary/aromatic N) is 2. The maximum atomic E-state index is 12.4. The summed E-state index contributed by atoms with van der Waals surface area (Å²) in [5, 5.41) is 11.8. The van der Waals surface area contributed by atoms with Crippen LogP contribution in [0.2, 0.25) is 0 Å². The van der Waals surface area contributed by atoms with Gasteiger partial charge in [0.25, 0.3) is 11.5 Å². The number of H-pyrrole nitrogens is 1. The van der Waals surface area contributed by atoms with Crippen LogP contribution in [-0.4, -0.2) is 27.1 Å². The second-order valence-corrected chi connectivity index (χ2v) is 10.5. The molecule has 144 valence electrons. The number of carbonyl (C=O) groups excluding carboxylic acids is 1. The average molecular weight is 459 g/mol. The van der Waals surface area contributed by atoms with Crippen LogP contribution in [0.15, 0.2) is 33.0 Å². The monoisotopic (exact) mass is 458 g/mol. The molecule has 5 rings (SSSR count). The normalized spacial score (nSPS) is 26.1. The van der Waals surface area contributed by atoms with E-state index in [2.05, 4.69) is 36.4 Å². The molecule has 2 heterocycles. The van der Waals surface area contributed by atoms with E-state index in [-0.39, 0.29) is 17.5 Å². The first kappa shape index (κ1) is 18.0. The van der Waals surface area contributed by atoms with Gasteiger partial charge in [-0.1, -0.05) is 18.2 Å². The summed E-state index contributed by atoms with van der Waals surface area (Å²) in [4.78, 5) is 29.6. The molecule has 2 saturated carbocycles. The lowest BCUT2D eigenvalue weighted by Crippen LogP contribution is -2.55. The lowest BCUT2D eigenvalue weighted by molar-refractivity contribution is -0.0197. The second kappa shape index (κ2) is 6.49. The first-order valence-corrected chi connectivity index (χ1v) is 11.0. The van der Waals surface area contributed by atoms with Crippen molar-refractivity contribution in [2.24, 2.45) is 5.41 Å². The van der Waals surface area contributed by atoms with Gasteiger partial charge in [-0.15, -0.1) is 11.3 Å². The summed E-state index contributed by atoms with van der Waals surface area (Å²) in [5.74, 6) is 0.290. The zero-order valence-corrected chi connectivity index (χ0v) is 17.7. The van der Waals surface area contributed by atoms with Gasteiger partial charge >= 0.3 is 0 Å². The number of aromatic nitrogens is 3. The summed E-state index contributed by atoms with van der Waals surface area (Å²) in [7, 11) is 0. The highest BCUT2D eigenvalue weighted by Crippen LogP contribution is 2.62. The minimum Gasteiger partial charge on any atom is -0.348 e. The van der Waals surface area contributed by atoms with Gasteiger partial charge in [0, 0.05) is 22.2 Å². The Balaban J connectivity index is 1.23. The van der Waals surface area contributed by atoms with Crippen LogP contribution in [0.5, 0.6) is 0 Å². The van der Waals surface area contributed by atoms with Gasteiger partial charge in [0.15, 0.2) is 3.92 Å². The smallest absolute Gasteiger partial charge is 0.272 e. The summed E-state index contributed by atoms with van der Waals surface area (Å²) in [6.07, 6.45) is 4.12. The number of fused-ring (bicyclic) bond motifs is 1. The van der Waals surface area contributed by atoms with E-state index in [1.54, 1.807) is 0 Å². The summed E-state index contributed by atoms with van der Waals surface area (Å²) in [6, 6.07) is 7.88. The third kappa shape index (κ3) is 2.90. The van der Waals surface area contributed by atoms with Crippen molar-refractivity contribution in [3.63, 3.8) is 0 Å². The Bertz CT molecular complexity index is 1140. The van der Waals surface area contributed by atoms with E-state index >= 15 is 0 Å². The minimum absolute atomic E-state index is 0.0801. The van der Waals surface area contributed by atoms with E-state index in [9.17, 15) is 9.59 Å². The van der Waals surface area contributed by atoms with Crippen LogP contribution >= 0.6 is 27.3 Å². The van der Waals surface area contributed by atoms with Crippen molar-refractivity contribution in [3.8, 4) is 0 Å². The van der Waals surface area contributed by atoms with Crippen LogP contribution < -0.4 is 10.9 Å². The summed E-state index contributed by atoms with van der Waals surface area (Å²) >= 11 is 4.81. The van der Waals surface area contributed by atoms with Crippen LogP contribution in [0.4, 0.5) is 0 Å². The molecular weight excluding hydrogens is 440 g/mol. The summed E-state index contributed by atoms with van der Waals surface area (Å²) < 4.78 is 0.739. The molecule has 2 aliphatic carbocycles. The standard InChI is InChI=1S/C20H19BrN4O2S/c1-10-15(23-19(21)28-10)18(27)22-12-8-20(9-12)6-11(7-20)16-13-4-2-3-5-14(13)17(26)25-24-16/h2-5,11-12H,6-9H2,1H3,(H,22,27)(H,25,26)/t11-,12-,20?.